The molecule has 126 valence electrons. The standard InChI is InChI=1S/C16H31N5O/c1-6-13(7-2)11-19-16(17-8-3)18-10-9-14-20-15(12(4)5)21-22-14/h12-13H,6-11H2,1-5H3,(H2,17,18,19). The summed E-state index contributed by atoms with van der Waals surface area (Å²) in [5, 5.41) is 10.6. The van der Waals surface area contributed by atoms with Crippen LogP contribution in [0.1, 0.15) is 65.1 Å². The molecule has 1 aromatic heterocycles. The fraction of sp³-hybridized carbons (Fsp3) is 0.812. The summed E-state index contributed by atoms with van der Waals surface area (Å²) < 4.78 is 5.24. The van der Waals surface area contributed by atoms with Gasteiger partial charge in [-0.05, 0) is 12.8 Å². The van der Waals surface area contributed by atoms with Gasteiger partial charge in [0, 0.05) is 32.0 Å². The molecule has 0 bridgehead atoms. The molecular formula is C16H31N5O. The van der Waals surface area contributed by atoms with Gasteiger partial charge in [-0.1, -0.05) is 45.7 Å². The molecule has 0 radical (unpaired) electrons. The molecule has 0 aliphatic heterocycles. The molecule has 0 saturated carbocycles. The van der Waals surface area contributed by atoms with Crippen LogP contribution in [0.2, 0.25) is 0 Å². The highest BCUT2D eigenvalue weighted by atomic mass is 16.5. The van der Waals surface area contributed by atoms with Crippen molar-refractivity contribution in [2.75, 3.05) is 19.6 Å². The van der Waals surface area contributed by atoms with Crippen LogP contribution in [0.15, 0.2) is 9.52 Å². The lowest BCUT2D eigenvalue weighted by atomic mass is 10.0. The highest BCUT2D eigenvalue weighted by Crippen LogP contribution is 2.09. The summed E-state index contributed by atoms with van der Waals surface area (Å²) in [7, 11) is 0. The average Bonchev–Trinajstić information content (AvgIpc) is 2.97. The predicted molar refractivity (Wildman–Crippen MR) is 90.1 cm³/mol. The van der Waals surface area contributed by atoms with E-state index < -0.39 is 0 Å². The van der Waals surface area contributed by atoms with E-state index in [1.165, 1.54) is 12.8 Å². The van der Waals surface area contributed by atoms with Crippen LogP contribution in [-0.2, 0) is 6.42 Å². The van der Waals surface area contributed by atoms with Crippen molar-refractivity contribution in [3.8, 4) is 0 Å². The van der Waals surface area contributed by atoms with Crippen LogP contribution in [0.5, 0.6) is 0 Å². The van der Waals surface area contributed by atoms with Crippen LogP contribution in [0.4, 0.5) is 0 Å². The summed E-state index contributed by atoms with van der Waals surface area (Å²) >= 11 is 0. The van der Waals surface area contributed by atoms with Gasteiger partial charge in [-0.15, -0.1) is 0 Å². The minimum absolute atomic E-state index is 0.296. The van der Waals surface area contributed by atoms with Gasteiger partial charge < -0.3 is 15.2 Å². The average molecular weight is 309 g/mol. The molecular weight excluding hydrogens is 278 g/mol. The summed E-state index contributed by atoms with van der Waals surface area (Å²) in [5.41, 5.74) is 0. The van der Waals surface area contributed by atoms with Crippen LogP contribution in [0.25, 0.3) is 0 Å². The Bertz CT molecular complexity index is 437. The Kier molecular flexibility index (Phi) is 8.55. The molecule has 6 heteroatoms. The summed E-state index contributed by atoms with van der Waals surface area (Å²) in [5.74, 6) is 3.25. The molecule has 22 heavy (non-hydrogen) atoms. The van der Waals surface area contributed by atoms with Crippen LogP contribution in [-0.4, -0.2) is 35.7 Å². The molecule has 1 aromatic rings. The van der Waals surface area contributed by atoms with Crippen molar-refractivity contribution in [1.29, 1.82) is 0 Å². The second-order valence-electron chi connectivity index (χ2n) is 5.78. The first-order chi connectivity index (χ1) is 10.6. The molecule has 0 amide bonds. The molecule has 0 aromatic carbocycles. The number of aromatic nitrogens is 2. The number of guanidine groups is 1. The fourth-order valence-corrected chi connectivity index (χ4v) is 2.00. The van der Waals surface area contributed by atoms with Crippen molar-refractivity contribution in [1.82, 2.24) is 20.8 Å². The zero-order valence-electron chi connectivity index (χ0n) is 14.6. The van der Waals surface area contributed by atoms with Gasteiger partial charge in [0.15, 0.2) is 11.8 Å². The van der Waals surface area contributed by atoms with Crippen LogP contribution < -0.4 is 10.6 Å². The summed E-state index contributed by atoms with van der Waals surface area (Å²) in [4.78, 5) is 9.02. The minimum atomic E-state index is 0.296. The topological polar surface area (TPSA) is 75.3 Å². The van der Waals surface area contributed by atoms with E-state index in [-0.39, 0.29) is 0 Å². The van der Waals surface area contributed by atoms with E-state index >= 15 is 0 Å². The molecule has 0 spiro atoms. The summed E-state index contributed by atoms with van der Waals surface area (Å²) in [6, 6.07) is 0. The van der Waals surface area contributed by atoms with Gasteiger partial charge in [0.2, 0.25) is 5.89 Å². The van der Waals surface area contributed by atoms with Crippen molar-refractivity contribution in [3.63, 3.8) is 0 Å². The van der Waals surface area contributed by atoms with Crippen LogP contribution in [0.3, 0.4) is 0 Å². The monoisotopic (exact) mass is 309 g/mol. The Morgan fingerprint density at radius 2 is 1.91 bits per heavy atom. The highest BCUT2D eigenvalue weighted by Gasteiger charge is 2.09. The summed E-state index contributed by atoms with van der Waals surface area (Å²) in [6.07, 6.45) is 3.04. The molecule has 1 rings (SSSR count). The Labute approximate surface area is 134 Å². The predicted octanol–water partition coefficient (Wildman–Crippen LogP) is 2.73. The Balaban J connectivity index is 2.44. The smallest absolute Gasteiger partial charge is 0.228 e. The molecule has 1 heterocycles. The molecule has 2 N–H and O–H groups in total. The molecule has 0 aliphatic carbocycles. The SMILES string of the molecule is CCNC(=NCC(CC)CC)NCCc1nc(C(C)C)no1. The first-order valence-corrected chi connectivity index (χ1v) is 8.45. The molecule has 0 saturated heterocycles. The summed E-state index contributed by atoms with van der Waals surface area (Å²) in [6.45, 7) is 13.1. The van der Waals surface area contributed by atoms with E-state index in [9.17, 15) is 0 Å². The highest BCUT2D eigenvalue weighted by molar-refractivity contribution is 5.79. The van der Waals surface area contributed by atoms with E-state index in [1.54, 1.807) is 0 Å². The van der Waals surface area contributed by atoms with Crippen molar-refractivity contribution >= 4 is 5.96 Å². The Morgan fingerprint density at radius 1 is 1.18 bits per heavy atom. The molecule has 0 fully saturated rings. The molecule has 6 nitrogen and oxygen atoms in total. The second kappa shape index (κ2) is 10.2. The van der Waals surface area contributed by atoms with Crippen molar-refractivity contribution < 1.29 is 4.52 Å². The maximum absolute atomic E-state index is 5.24. The Morgan fingerprint density at radius 3 is 2.45 bits per heavy atom. The maximum atomic E-state index is 5.24. The van der Waals surface area contributed by atoms with E-state index in [1.807, 2.05) is 0 Å². The third-order valence-corrected chi connectivity index (χ3v) is 3.64. The van der Waals surface area contributed by atoms with Crippen LogP contribution in [0, 0.1) is 5.92 Å². The second-order valence-corrected chi connectivity index (χ2v) is 5.78. The quantitative estimate of drug-likeness (QED) is 0.542. The third-order valence-electron chi connectivity index (χ3n) is 3.64. The molecule has 0 unspecified atom stereocenters. The zero-order valence-corrected chi connectivity index (χ0v) is 14.6. The van der Waals surface area contributed by atoms with Gasteiger partial charge in [-0.3, -0.25) is 4.99 Å². The lowest BCUT2D eigenvalue weighted by Crippen LogP contribution is -2.38. The minimum Gasteiger partial charge on any atom is -0.357 e. The van der Waals surface area contributed by atoms with Crippen molar-refractivity contribution in [2.24, 2.45) is 10.9 Å². The van der Waals surface area contributed by atoms with Gasteiger partial charge in [0.1, 0.15) is 0 Å². The normalized spacial score (nSPS) is 12.2. The lowest BCUT2D eigenvalue weighted by molar-refractivity contribution is 0.371. The largest absolute Gasteiger partial charge is 0.357 e. The first kappa shape index (κ1) is 18.5. The van der Waals surface area contributed by atoms with E-state index in [4.69, 9.17) is 4.52 Å². The van der Waals surface area contributed by atoms with Gasteiger partial charge in [-0.25, -0.2) is 0 Å². The Hall–Kier alpha value is -1.59. The number of nitrogens with one attached hydrogen (secondary N) is 2. The maximum Gasteiger partial charge on any atom is 0.228 e. The van der Waals surface area contributed by atoms with Crippen molar-refractivity contribution in [2.45, 2.75) is 59.8 Å². The number of aliphatic imine (C=N–C) groups is 1. The van der Waals surface area contributed by atoms with Gasteiger partial charge in [0.25, 0.3) is 0 Å². The molecule has 0 atom stereocenters. The fourth-order valence-electron chi connectivity index (χ4n) is 2.00. The van der Waals surface area contributed by atoms with E-state index in [2.05, 4.69) is 60.4 Å². The zero-order chi connectivity index (χ0) is 16.4. The first-order valence-electron chi connectivity index (χ1n) is 8.45. The molecule has 0 aliphatic rings. The number of hydrogen-bond donors (Lipinski definition) is 2. The number of nitrogens with zero attached hydrogens (tertiary/aromatic N) is 3. The van der Waals surface area contributed by atoms with Crippen LogP contribution >= 0.6 is 0 Å². The third kappa shape index (κ3) is 6.45. The van der Waals surface area contributed by atoms with Crippen molar-refractivity contribution in [3.05, 3.63) is 11.7 Å². The van der Waals surface area contributed by atoms with E-state index in [0.717, 1.165) is 31.4 Å². The van der Waals surface area contributed by atoms with Gasteiger partial charge >= 0.3 is 0 Å². The number of hydrogen-bond acceptors (Lipinski definition) is 4. The number of rotatable bonds is 9. The van der Waals surface area contributed by atoms with Gasteiger partial charge in [-0.2, -0.15) is 4.98 Å². The van der Waals surface area contributed by atoms with E-state index in [0.29, 0.717) is 24.1 Å². The van der Waals surface area contributed by atoms with Gasteiger partial charge in [0.05, 0.1) is 0 Å². The lowest BCUT2D eigenvalue weighted by Gasteiger charge is -2.13.